The highest BCUT2D eigenvalue weighted by Gasteiger charge is 2.60. The summed E-state index contributed by atoms with van der Waals surface area (Å²) in [6.07, 6.45) is 29.3. The number of allylic oxidation sites excluding steroid dienone is 3. The van der Waals surface area contributed by atoms with Crippen LogP contribution < -0.4 is 10.6 Å². The Morgan fingerprint density at radius 1 is 0.531 bits per heavy atom. The van der Waals surface area contributed by atoms with Crippen molar-refractivity contribution in [2.75, 3.05) is 26.4 Å². The predicted molar refractivity (Wildman–Crippen MR) is 375 cm³/mol. The number of carbonyl (C=O) groups excluding carboxylic acids is 2. The minimum atomic E-state index is -3.08. The maximum Gasteiger partial charge on any atom is 0.364 e. The molecule has 0 aromatic heterocycles. The Morgan fingerprint density at radius 3 is 1.39 bits per heavy atom. The summed E-state index contributed by atoms with van der Waals surface area (Å²) in [5.41, 5.74) is 0. The van der Waals surface area contributed by atoms with Gasteiger partial charge in [0, 0.05) is 19.8 Å². The SMILES string of the molecule is CCCCCCCCCCCCCC/C=C\CCCCCCCCCCCCCC(=O)NC(COC1OC(CO)C(OC2OC(CO)C(O)C(OC3(C(=O)O)CC(O)C(NC(C)=O)C(C(O)C(O)CO)O3)C2O)C(O)C1O)C(O)/C=C/CCCCCCCCCCCCCCCCC. The number of aliphatic hydroxyl groups is 11. The molecule has 0 saturated carbocycles. The molecule has 98 heavy (non-hydrogen) atoms. The van der Waals surface area contributed by atoms with E-state index in [9.17, 15) is 75.7 Å². The molecule has 14 N–H and O–H groups in total. The lowest BCUT2D eigenvalue weighted by Crippen LogP contribution is -2.70. The zero-order valence-corrected chi connectivity index (χ0v) is 60.4. The van der Waals surface area contributed by atoms with Crippen LogP contribution in [0.15, 0.2) is 24.3 Å². The van der Waals surface area contributed by atoms with E-state index in [1.807, 2.05) is 6.08 Å². The third-order valence-corrected chi connectivity index (χ3v) is 19.6. The molecular weight excluding hydrogens is 1260 g/mol. The van der Waals surface area contributed by atoms with E-state index in [4.69, 9.17) is 28.4 Å². The van der Waals surface area contributed by atoms with Gasteiger partial charge < -0.3 is 100 Å². The molecule has 3 aliphatic heterocycles. The van der Waals surface area contributed by atoms with Gasteiger partial charge in [-0.3, -0.25) is 9.59 Å². The highest BCUT2D eigenvalue weighted by molar-refractivity contribution is 5.77. The Morgan fingerprint density at radius 2 is 0.959 bits per heavy atom. The molecule has 3 aliphatic rings. The number of unbranched alkanes of at least 4 members (excludes halogenated alkanes) is 38. The molecule has 0 spiro atoms. The number of ether oxygens (including phenoxy) is 6. The first-order valence-electron chi connectivity index (χ1n) is 38.7. The molecule has 3 fully saturated rings. The summed E-state index contributed by atoms with van der Waals surface area (Å²) < 4.78 is 34.9. The Hall–Kier alpha value is -2.79. The monoisotopic (exact) mass is 1400 g/mol. The van der Waals surface area contributed by atoms with E-state index in [0.717, 1.165) is 51.9 Å². The number of carbonyl (C=O) groups is 3. The van der Waals surface area contributed by atoms with Crippen molar-refractivity contribution < 1.29 is 104 Å². The molecule has 0 bridgehead atoms. The van der Waals surface area contributed by atoms with E-state index in [1.54, 1.807) is 6.08 Å². The van der Waals surface area contributed by atoms with Crippen molar-refractivity contribution in [3.05, 3.63) is 24.3 Å². The number of aliphatic hydroxyl groups excluding tert-OH is 11. The summed E-state index contributed by atoms with van der Waals surface area (Å²) in [6.45, 7) is 2.17. The van der Waals surface area contributed by atoms with Crippen LogP contribution in [0.5, 0.6) is 0 Å². The van der Waals surface area contributed by atoms with Crippen LogP contribution in [-0.4, -0.2) is 215 Å². The van der Waals surface area contributed by atoms with Crippen LogP contribution in [0, 0.1) is 0 Å². The normalized spacial score (nSPS) is 27.3. The van der Waals surface area contributed by atoms with Gasteiger partial charge in [0.05, 0.1) is 50.7 Å². The fourth-order valence-electron chi connectivity index (χ4n) is 13.5. The van der Waals surface area contributed by atoms with E-state index in [2.05, 4.69) is 36.6 Å². The third kappa shape index (κ3) is 35.6. The van der Waals surface area contributed by atoms with E-state index in [0.29, 0.717) is 12.8 Å². The van der Waals surface area contributed by atoms with Gasteiger partial charge in [-0.15, -0.1) is 0 Å². The molecular formula is C75H138N2O21. The summed E-state index contributed by atoms with van der Waals surface area (Å²) >= 11 is 0. The van der Waals surface area contributed by atoms with Gasteiger partial charge >= 0.3 is 5.97 Å². The van der Waals surface area contributed by atoms with Gasteiger partial charge in [0.25, 0.3) is 5.79 Å². The molecule has 3 rings (SSSR count). The molecule has 0 aromatic carbocycles. The molecule has 23 heteroatoms. The fraction of sp³-hybridized carbons (Fsp3) is 0.907. The van der Waals surface area contributed by atoms with Crippen molar-refractivity contribution in [3.8, 4) is 0 Å². The molecule has 0 aromatic rings. The van der Waals surface area contributed by atoms with Crippen LogP contribution in [0.1, 0.15) is 297 Å². The van der Waals surface area contributed by atoms with Crippen molar-refractivity contribution in [1.29, 1.82) is 0 Å². The summed E-state index contributed by atoms with van der Waals surface area (Å²) in [7, 11) is 0. The van der Waals surface area contributed by atoms with Gasteiger partial charge in [0.2, 0.25) is 11.8 Å². The first-order chi connectivity index (χ1) is 47.4. The second-order valence-corrected chi connectivity index (χ2v) is 28.2. The lowest BCUT2D eigenvalue weighted by Gasteiger charge is -2.50. The van der Waals surface area contributed by atoms with Crippen LogP contribution in [0.25, 0.3) is 0 Å². The molecule has 3 heterocycles. The molecule has 18 unspecified atom stereocenters. The predicted octanol–water partition coefficient (Wildman–Crippen LogP) is 9.18. The standard InChI is InChI=1S/C75H138N2O21/c1-4-6-8-10-12-14-16-18-20-22-23-24-25-26-27-28-29-30-31-33-35-37-39-41-43-45-47-49-62(85)77-56(57(82)48-46-44-42-40-38-36-34-32-21-19-17-15-13-11-9-7-5-2)54-93-72-67(89)66(88)69(61(53-80)95-72)96-73-68(90)71(65(87)60(52-79)94-73)98-75(74(91)92)50-58(83)63(76-55(3)81)70(97-75)64(86)59(84)51-78/h26-27,46,48,56-61,63-73,78-80,82-84,86-90H,4-25,28-45,47,49-54H2,1-3H3,(H,76,81)(H,77,85)(H,91,92)/b27-26-,48-46+. The van der Waals surface area contributed by atoms with Gasteiger partial charge in [0.15, 0.2) is 12.6 Å². The number of aliphatic carboxylic acids is 1. The molecule has 3 saturated heterocycles. The summed E-state index contributed by atoms with van der Waals surface area (Å²) in [5, 5.41) is 136. The Bertz CT molecular complexity index is 2060. The zero-order chi connectivity index (χ0) is 71.8. The first kappa shape index (κ1) is 89.4. The third-order valence-electron chi connectivity index (χ3n) is 19.6. The number of hydrogen-bond acceptors (Lipinski definition) is 20. The number of hydrogen-bond donors (Lipinski definition) is 14. The maximum atomic E-state index is 13.5. The van der Waals surface area contributed by atoms with Gasteiger partial charge in [-0.1, -0.05) is 256 Å². The molecule has 18 atom stereocenters. The fourth-order valence-corrected chi connectivity index (χ4v) is 13.5. The second-order valence-electron chi connectivity index (χ2n) is 28.2. The van der Waals surface area contributed by atoms with Crippen LogP contribution in [-0.2, 0) is 42.8 Å². The topological polar surface area (TPSA) is 373 Å². The average molecular weight is 1400 g/mol. The summed E-state index contributed by atoms with van der Waals surface area (Å²) in [5.74, 6) is -6.14. The van der Waals surface area contributed by atoms with Gasteiger partial charge in [0.1, 0.15) is 67.1 Å². The van der Waals surface area contributed by atoms with Crippen molar-refractivity contribution in [2.45, 2.75) is 407 Å². The lowest BCUT2D eigenvalue weighted by atomic mass is 9.88. The average Bonchev–Trinajstić information content (AvgIpc) is 0.756. The number of rotatable bonds is 60. The van der Waals surface area contributed by atoms with Crippen LogP contribution in [0.2, 0.25) is 0 Å². The molecule has 0 aliphatic carbocycles. The van der Waals surface area contributed by atoms with E-state index >= 15 is 0 Å². The Balaban J connectivity index is 1.53. The molecule has 574 valence electrons. The largest absolute Gasteiger partial charge is 0.477 e. The smallest absolute Gasteiger partial charge is 0.364 e. The van der Waals surface area contributed by atoms with Crippen LogP contribution in [0.3, 0.4) is 0 Å². The van der Waals surface area contributed by atoms with Gasteiger partial charge in [-0.25, -0.2) is 4.79 Å². The van der Waals surface area contributed by atoms with Crippen molar-refractivity contribution in [3.63, 3.8) is 0 Å². The lowest BCUT2D eigenvalue weighted by molar-refractivity contribution is -0.386. The van der Waals surface area contributed by atoms with E-state index in [1.165, 1.54) is 205 Å². The minimum absolute atomic E-state index is 0.201. The van der Waals surface area contributed by atoms with Gasteiger partial charge in [-0.2, -0.15) is 0 Å². The summed E-state index contributed by atoms with van der Waals surface area (Å²) in [6, 6.07) is -2.62. The number of carboxylic acid groups (broad SMARTS) is 1. The first-order valence-corrected chi connectivity index (χ1v) is 38.7. The van der Waals surface area contributed by atoms with E-state index in [-0.39, 0.29) is 12.3 Å². The number of carboxylic acids is 1. The van der Waals surface area contributed by atoms with Crippen LogP contribution in [0.4, 0.5) is 0 Å². The number of nitrogens with one attached hydrogen (secondary N) is 2. The zero-order valence-electron chi connectivity index (χ0n) is 60.4. The molecule has 2 amide bonds. The van der Waals surface area contributed by atoms with Crippen molar-refractivity contribution in [1.82, 2.24) is 10.6 Å². The molecule has 23 nitrogen and oxygen atoms in total. The number of amides is 2. The van der Waals surface area contributed by atoms with Crippen molar-refractivity contribution in [2.24, 2.45) is 0 Å². The Kier molecular flexibility index (Phi) is 50.0. The molecule has 0 radical (unpaired) electrons. The quantitative estimate of drug-likeness (QED) is 0.0199. The van der Waals surface area contributed by atoms with Crippen LogP contribution >= 0.6 is 0 Å². The highest BCUT2D eigenvalue weighted by Crippen LogP contribution is 2.39. The summed E-state index contributed by atoms with van der Waals surface area (Å²) in [4.78, 5) is 38.6. The Labute approximate surface area is 587 Å². The van der Waals surface area contributed by atoms with E-state index < -0.39 is 155 Å². The van der Waals surface area contributed by atoms with Crippen molar-refractivity contribution >= 4 is 17.8 Å². The maximum absolute atomic E-state index is 13.5. The van der Waals surface area contributed by atoms with Gasteiger partial charge in [-0.05, 0) is 44.9 Å². The minimum Gasteiger partial charge on any atom is -0.477 e. The highest BCUT2D eigenvalue weighted by atomic mass is 16.8. The second kappa shape index (κ2) is 54.8.